The Balaban J connectivity index is 1.66. The third kappa shape index (κ3) is 2.50. The largest absolute Gasteiger partial charge is 0.497 e. The lowest BCUT2D eigenvalue weighted by Gasteiger charge is -2.18. The predicted octanol–water partition coefficient (Wildman–Crippen LogP) is 2.29. The number of fused-ring (bicyclic) bond motifs is 1. The molecule has 100 valence electrons. The Bertz CT molecular complexity index is 548. The summed E-state index contributed by atoms with van der Waals surface area (Å²) in [6.07, 6.45) is 2.99. The zero-order valence-electron chi connectivity index (χ0n) is 10.9. The van der Waals surface area contributed by atoms with Crippen LogP contribution in [0.2, 0.25) is 0 Å². The zero-order valence-corrected chi connectivity index (χ0v) is 10.9. The number of hydrogen-bond acceptors (Lipinski definition) is 4. The first-order chi connectivity index (χ1) is 9.36. The Hall–Kier alpha value is -2.17. The predicted molar refractivity (Wildman–Crippen MR) is 72.7 cm³/mol. The topological polar surface area (TPSA) is 48.3 Å². The molecule has 2 aromatic rings. The molecule has 0 aliphatic carbocycles. The smallest absolute Gasteiger partial charge is 0.148 e. The van der Waals surface area contributed by atoms with Gasteiger partial charge in [0.25, 0.3) is 0 Å². The molecule has 0 saturated carbocycles. The second-order valence-corrected chi connectivity index (χ2v) is 4.46. The summed E-state index contributed by atoms with van der Waals surface area (Å²) in [4.78, 5) is 4.40. The molecule has 0 saturated heterocycles. The number of imidazole rings is 1. The van der Waals surface area contributed by atoms with Crippen molar-refractivity contribution in [3.8, 4) is 11.5 Å². The number of ether oxygens (including phenoxy) is 2. The molecule has 1 aromatic carbocycles. The molecule has 1 aromatic heterocycles. The van der Waals surface area contributed by atoms with Crippen molar-refractivity contribution >= 4 is 5.82 Å². The highest BCUT2D eigenvalue weighted by atomic mass is 16.5. The first kappa shape index (κ1) is 11.9. The van der Waals surface area contributed by atoms with Crippen LogP contribution in [0, 0.1) is 0 Å². The number of aromatic nitrogens is 2. The number of nitrogens with zero attached hydrogens (tertiary/aromatic N) is 2. The summed E-state index contributed by atoms with van der Waals surface area (Å²) in [6.45, 7) is 2.50. The van der Waals surface area contributed by atoms with E-state index in [0.717, 1.165) is 42.7 Å². The van der Waals surface area contributed by atoms with Gasteiger partial charge in [-0.1, -0.05) is 0 Å². The molecule has 0 amide bonds. The summed E-state index contributed by atoms with van der Waals surface area (Å²) in [5, 5.41) is 3.32. The first-order valence-corrected chi connectivity index (χ1v) is 6.42. The van der Waals surface area contributed by atoms with Crippen LogP contribution in [-0.2, 0) is 13.2 Å². The van der Waals surface area contributed by atoms with Crippen LogP contribution in [0.5, 0.6) is 11.5 Å². The monoisotopic (exact) mass is 259 g/mol. The second kappa shape index (κ2) is 5.22. The van der Waals surface area contributed by atoms with Gasteiger partial charge in [0.2, 0.25) is 0 Å². The normalized spacial score (nSPS) is 13.5. The minimum Gasteiger partial charge on any atom is -0.497 e. The number of rotatable bonds is 4. The van der Waals surface area contributed by atoms with Gasteiger partial charge < -0.3 is 19.4 Å². The minimum atomic E-state index is 0.480. The average molecular weight is 259 g/mol. The number of anilines is 1. The molecule has 0 atom stereocenters. The van der Waals surface area contributed by atoms with Crippen molar-refractivity contribution in [1.82, 2.24) is 9.55 Å². The van der Waals surface area contributed by atoms with E-state index in [0.29, 0.717) is 6.61 Å². The molecule has 1 aliphatic heterocycles. The lowest BCUT2D eigenvalue weighted by atomic mass is 10.3. The second-order valence-electron chi connectivity index (χ2n) is 4.46. The lowest BCUT2D eigenvalue weighted by Crippen LogP contribution is -2.18. The zero-order chi connectivity index (χ0) is 13.1. The molecule has 19 heavy (non-hydrogen) atoms. The highest BCUT2D eigenvalue weighted by molar-refractivity contribution is 5.36. The SMILES string of the molecule is COc1ccc(OCc2ncc3n2CCCN3)cc1. The van der Waals surface area contributed by atoms with E-state index >= 15 is 0 Å². The number of methoxy groups -OCH3 is 1. The maximum Gasteiger partial charge on any atom is 0.148 e. The molecule has 0 fully saturated rings. The summed E-state index contributed by atoms with van der Waals surface area (Å²) in [7, 11) is 1.65. The van der Waals surface area contributed by atoms with Gasteiger partial charge >= 0.3 is 0 Å². The van der Waals surface area contributed by atoms with Gasteiger partial charge in [-0.15, -0.1) is 0 Å². The third-order valence-corrected chi connectivity index (χ3v) is 3.23. The quantitative estimate of drug-likeness (QED) is 0.915. The van der Waals surface area contributed by atoms with Crippen LogP contribution in [0.4, 0.5) is 5.82 Å². The van der Waals surface area contributed by atoms with E-state index in [1.54, 1.807) is 7.11 Å². The molecule has 0 unspecified atom stereocenters. The van der Waals surface area contributed by atoms with E-state index in [-0.39, 0.29) is 0 Å². The van der Waals surface area contributed by atoms with Gasteiger partial charge in [-0.25, -0.2) is 4.98 Å². The van der Waals surface area contributed by atoms with Gasteiger partial charge in [0.15, 0.2) is 0 Å². The minimum absolute atomic E-state index is 0.480. The van der Waals surface area contributed by atoms with Gasteiger partial charge in [-0.05, 0) is 30.7 Å². The first-order valence-electron chi connectivity index (χ1n) is 6.42. The van der Waals surface area contributed by atoms with E-state index in [1.807, 2.05) is 30.5 Å². The average Bonchev–Trinajstić information content (AvgIpc) is 2.89. The Labute approximate surface area is 112 Å². The maximum atomic E-state index is 5.75. The molecule has 5 nitrogen and oxygen atoms in total. The Morgan fingerprint density at radius 1 is 1.26 bits per heavy atom. The van der Waals surface area contributed by atoms with Crippen LogP contribution in [-0.4, -0.2) is 23.2 Å². The highest BCUT2D eigenvalue weighted by Crippen LogP contribution is 2.20. The molecule has 5 heteroatoms. The summed E-state index contributed by atoms with van der Waals surface area (Å²) in [6, 6.07) is 7.57. The van der Waals surface area contributed by atoms with E-state index < -0.39 is 0 Å². The molecule has 1 aliphatic rings. The van der Waals surface area contributed by atoms with Crippen LogP contribution in [0.3, 0.4) is 0 Å². The number of nitrogens with one attached hydrogen (secondary N) is 1. The van der Waals surface area contributed by atoms with Gasteiger partial charge in [-0.2, -0.15) is 0 Å². The Kier molecular flexibility index (Phi) is 3.27. The van der Waals surface area contributed by atoms with Gasteiger partial charge in [0.05, 0.1) is 13.3 Å². The van der Waals surface area contributed by atoms with Gasteiger partial charge in [-0.3, -0.25) is 0 Å². The molecular weight excluding hydrogens is 242 g/mol. The fraction of sp³-hybridized carbons (Fsp3) is 0.357. The van der Waals surface area contributed by atoms with E-state index in [9.17, 15) is 0 Å². The van der Waals surface area contributed by atoms with Crippen molar-refractivity contribution in [2.75, 3.05) is 19.0 Å². The summed E-state index contributed by atoms with van der Waals surface area (Å²) in [5.41, 5.74) is 0. The van der Waals surface area contributed by atoms with Crippen LogP contribution in [0.25, 0.3) is 0 Å². The van der Waals surface area contributed by atoms with E-state index in [1.165, 1.54) is 0 Å². The summed E-state index contributed by atoms with van der Waals surface area (Å²) < 4.78 is 13.0. The van der Waals surface area contributed by atoms with Crippen molar-refractivity contribution in [2.24, 2.45) is 0 Å². The molecule has 2 heterocycles. The maximum absolute atomic E-state index is 5.75. The van der Waals surface area contributed by atoms with Gasteiger partial charge in [0, 0.05) is 13.1 Å². The molecule has 0 bridgehead atoms. The number of benzene rings is 1. The Morgan fingerprint density at radius 2 is 2.05 bits per heavy atom. The van der Waals surface area contributed by atoms with Crippen LogP contribution in [0.1, 0.15) is 12.2 Å². The van der Waals surface area contributed by atoms with Crippen LogP contribution in [0.15, 0.2) is 30.5 Å². The van der Waals surface area contributed by atoms with Crippen LogP contribution >= 0.6 is 0 Å². The highest BCUT2D eigenvalue weighted by Gasteiger charge is 2.13. The van der Waals surface area contributed by atoms with E-state index in [4.69, 9.17) is 9.47 Å². The van der Waals surface area contributed by atoms with Crippen molar-refractivity contribution in [1.29, 1.82) is 0 Å². The third-order valence-electron chi connectivity index (χ3n) is 3.23. The summed E-state index contributed by atoms with van der Waals surface area (Å²) >= 11 is 0. The fourth-order valence-electron chi connectivity index (χ4n) is 2.19. The van der Waals surface area contributed by atoms with Crippen molar-refractivity contribution in [3.63, 3.8) is 0 Å². The van der Waals surface area contributed by atoms with E-state index in [2.05, 4.69) is 14.9 Å². The molecule has 1 N–H and O–H groups in total. The van der Waals surface area contributed by atoms with Gasteiger partial charge in [0.1, 0.15) is 29.7 Å². The standard InChI is InChI=1S/C14H17N3O2/c1-18-11-3-5-12(6-4-11)19-10-14-16-9-13-15-7-2-8-17(13)14/h3-6,9,15H,2,7-8,10H2,1H3. The molecule has 0 radical (unpaired) electrons. The molecule has 0 spiro atoms. The summed E-state index contributed by atoms with van der Waals surface area (Å²) in [5.74, 6) is 3.69. The molecule has 3 rings (SSSR count). The van der Waals surface area contributed by atoms with Crippen molar-refractivity contribution < 1.29 is 9.47 Å². The fourth-order valence-corrected chi connectivity index (χ4v) is 2.19. The lowest BCUT2D eigenvalue weighted by molar-refractivity contribution is 0.288. The van der Waals surface area contributed by atoms with Crippen molar-refractivity contribution in [2.45, 2.75) is 19.6 Å². The Morgan fingerprint density at radius 3 is 2.84 bits per heavy atom. The molecular formula is C14H17N3O2. The number of hydrogen-bond donors (Lipinski definition) is 1. The van der Waals surface area contributed by atoms with Crippen LogP contribution < -0.4 is 14.8 Å². The van der Waals surface area contributed by atoms with Crippen molar-refractivity contribution in [3.05, 3.63) is 36.3 Å².